The Bertz CT molecular complexity index is 1380. The average molecular weight is 461 g/mol. The fraction of sp³-hybridized carbons (Fsp3) is 0.200. The molecule has 0 unspecified atom stereocenters. The molecule has 0 spiro atoms. The molecule has 34 heavy (non-hydrogen) atoms. The molecule has 1 heterocycles. The first-order valence-corrected chi connectivity index (χ1v) is 10.8. The minimum atomic E-state index is -1.16. The van der Waals surface area contributed by atoms with Crippen molar-refractivity contribution in [2.24, 2.45) is 0 Å². The quantitative estimate of drug-likeness (QED) is 0.264. The molecular weight excluding hydrogens is 438 g/mol. The number of anilines is 3. The molecule has 1 amide bonds. The van der Waals surface area contributed by atoms with Gasteiger partial charge in [0.15, 0.2) is 5.76 Å². The van der Waals surface area contributed by atoms with E-state index in [4.69, 9.17) is 4.42 Å². The molecule has 0 aliphatic rings. The summed E-state index contributed by atoms with van der Waals surface area (Å²) in [6.45, 7) is 2.41. The Labute approximate surface area is 194 Å². The number of nitrogens with one attached hydrogen (secondary N) is 3. The van der Waals surface area contributed by atoms with Gasteiger partial charge in [-0.1, -0.05) is 37.3 Å². The molecule has 0 saturated carbocycles. The standard InChI is InChI=1S/C25H23N3O6/c1-2-11-26-20-21(23(30)22(20)29)28-17(25(32)33)12-14-7-9-16(10-8-14)27-24(31)19-13-15-5-3-4-6-18(15)34-19/h3-10,13,17,26,28H,2,11-12H2,1H3,(H,27,31)(H,32,33)/t17-/m0/s1. The van der Waals surface area contributed by atoms with Gasteiger partial charge in [0.2, 0.25) is 0 Å². The van der Waals surface area contributed by atoms with Crippen molar-refractivity contribution in [2.75, 3.05) is 22.5 Å². The molecule has 4 rings (SSSR count). The van der Waals surface area contributed by atoms with E-state index in [1.807, 2.05) is 25.1 Å². The molecule has 3 aromatic carbocycles. The van der Waals surface area contributed by atoms with E-state index in [9.17, 15) is 24.3 Å². The molecular formula is C25H23N3O6. The molecule has 1 atom stereocenters. The molecule has 0 bridgehead atoms. The van der Waals surface area contributed by atoms with Gasteiger partial charge in [-0.3, -0.25) is 14.4 Å². The van der Waals surface area contributed by atoms with Gasteiger partial charge < -0.3 is 25.5 Å². The highest BCUT2D eigenvalue weighted by molar-refractivity contribution is 6.04. The maximum atomic E-state index is 12.5. The number of furan rings is 1. The van der Waals surface area contributed by atoms with Crippen LogP contribution in [0.2, 0.25) is 0 Å². The normalized spacial score (nSPS) is 11.9. The third-order valence-corrected chi connectivity index (χ3v) is 5.38. The van der Waals surface area contributed by atoms with Crippen LogP contribution in [-0.4, -0.2) is 29.6 Å². The lowest BCUT2D eigenvalue weighted by Gasteiger charge is -2.20. The molecule has 9 nitrogen and oxygen atoms in total. The van der Waals surface area contributed by atoms with Crippen molar-refractivity contribution >= 4 is 39.9 Å². The third kappa shape index (κ3) is 4.68. The zero-order chi connectivity index (χ0) is 24.2. The lowest BCUT2D eigenvalue weighted by atomic mass is 10.0. The van der Waals surface area contributed by atoms with Crippen molar-refractivity contribution in [3.05, 3.63) is 86.4 Å². The minimum Gasteiger partial charge on any atom is -0.480 e. The van der Waals surface area contributed by atoms with E-state index >= 15 is 0 Å². The van der Waals surface area contributed by atoms with Crippen LogP contribution >= 0.6 is 0 Å². The van der Waals surface area contributed by atoms with Gasteiger partial charge in [0.1, 0.15) is 23.0 Å². The largest absolute Gasteiger partial charge is 0.480 e. The Morgan fingerprint density at radius 3 is 2.38 bits per heavy atom. The van der Waals surface area contributed by atoms with Crippen LogP contribution in [0.5, 0.6) is 0 Å². The predicted octanol–water partition coefficient (Wildman–Crippen LogP) is 3.21. The Balaban J connectivity index is 1.42. The second-order valence-electron chi connectivity index (χ2n) is 7.87. The van der Waals surface area contributed by atoms with Gasteiger partial charge in [-0.05, 0) is 36.2 Å². The summed E-state index contributed by atoms with van der Waals surface area (Å²) >= 11 is 0. The molecule has 0 aliphatic carbocycles. The van der Waals surface area contributed by atoms with Crippen LogP contribution in [0.4, 0.5) is 17.1 Å². The van der Waals surface area contributed by atoms with Crippen molar-refractivity contribution < 1.29 is 19.1 Å². The number of fused-ring (bicyclic) bond motifs is 1. The van der Waals surface area contributed by atoms with Crippen molar-refractivity contribution in [3.63, 3.8) is 0 Å². The molecule has 0 aliphatic heterocycles. The zero-order valence-corrected chi connectivity index (χ0v) is 18.4. The molecule has 9 heteroatoms. The Kier molecular flexibility index (Phi) is 6.44. The number of benzene rings is 2. The summed E-state index contributed by atoms with van der Waals surface area (Å²) in [7, 11) is 0. The van der Waals surface area contributed by atoms with Gasteiger partial charge in [-0.2, -0.15) is 0 Å². The maximum Gasteiger partial charge on any atom is 0.326 e. The zero-order valence-electron chi connectivity index (χ0n) is 18.4. The number of aliphatic carboxylic acids is 1. The summed E-state index contributed by atoms with van der Waals surface area (Å²) in [6.07, 6.45) is 0.818. The Morgan fingerprint density at radius 1 is 1.00 bits per heavy atom. The van der Waals surface area contributed by atoms with Gasteiger partial charge in [0.05, 0.1) is 0 Å². The number of carboxylic acids is 1. The Hall–Kier alpha value is -4.40. The highest BCUT2D eigenvalue weighted by atomic mass is 16.4. The second kappa shape index (κ2) is 9.62. The first-order chi connectivity index (χ1) is 16.4. The van der Waals surface area contributed by atoms with Gasteiger partial charge >= 0.3 is 5.97 Å². The van der Waals surface area contributed by atoms with Crippen LogP contribution < -0.4 is 26.8 Å². The van der Waals surface area contributed by atoms with E-state index in [1.165, 1.54) is 0 Å². The SMILES string of the molecule is CCCNc1c(N[C@@H](Cc2ccc(NC(=O)c3cc4ccccc4o3)cc2)C(=O)O)c(=O)c1=O. The number of para-hydroxylation sites is 1. The van der Waals surface area contributed by atoms with Gasteiger partial charge in [0.25, 0.3) is 16.8 Å². The van der Waals surface area contributed by atoms with Crippen molar-refractivity contribution in [2.45, 2.75) is 25.8 Å². The molecule has 4 N–H and O–H groups in total. The summed E-state index contributed by atoms with van der Waals surface area (Å²) in [5, 5.41) is 18.7. The van der Waals surface area contributed by atoms with Crippen LogP contribution in [-0.2, 0) is 11.2 Å². The molecule has 0 fully saturated rings. The van der Waals surface area contributed by atoms with E-state index in [2.05, 4.69) is 16.0 Å². The van der Waals surface area contributed by atoms with Crippen molar-refractivity contribution in [1.82, 2.24) is 0 Å². The summed E-state index contributed by atoms with van der Waals surface area (Å²) in [6, 6.07) is 14.5. The van der Waals surface area contributed by atoms with Gasteiger partial charge in [-0.25, -0.2) is 4.79 Å². The van der Waals surface area contributed by atoms with Gasteiger partial charge in [0, 0.05) is 24.0 Å². The second-order valence-corrected chi connectivity index (χ2v) is 7.87. The first-order valence-electron chi connectivity index (χ1n) is 10.8. The lowest BCUT2D eigenvalue weighted by molar-refractivity contribution is -0.137. The third-order valence-electron chi connectivity index (χ3n) is 5.38. The van der Waals surface area contributed by atoms with Crippen LogP contribution in [0.1, 0.15) is 29.5 Å². The van der Waals surface area contributed by atoms with E-state index in [0.29, 0.717) is 23.4 Å². The number of hydrogen-bond acceptors (Lipinski definition) is 7. The predicted molar refractivity (Wildman–Crippen MR) is 129 cm³/mol. The van der Waals surface area contributed by atoms with Crippen molar-refractivity contribution in [3.8, 4) is 0 Å². The fourth-order valence-corrected chi connectivity index (χ4v) is 3.57. The number of carbonyl (C=O) groups is 2. The van der Waals surface area contributed by atoms with E-state index in [0.717, 1.165) is 11.8 Å². The van der Waals surface area contributed by atoms with Crippen LogP contribution in [0.25, 0.3) is 11.0 Å². The van der Waals surface area contributed by atoms with E-state index in [-0.39, 0.29) is 23.6 Å². The monoisotopic (exact) mass is 461 g/mol. The minimum absolute atomic E-state index is 0.000526. The smallest absolute Gasteiger partial charge is 0.326 e. The number of amides is 1. The molecule has 4 aromatic rings. The fourth-order valence-electron chi connectivity index (χ4n) is 3.57. The maximum absolute atomic E-state index is 12.5. The van der Waals surface area contributed by atoms with E-state index in [1.54, 1.807) is 36.4 Å². The molecule has 174 valence electrons. The number of carboxylic acid groups (broad SMARTS) is 1. The van der Waals surface area contributed by atoms with Crippen LogP contribution in [0.15, 0.2) is 68.6 Å². The number of rotatable bonds is 10. The number of hydrogen-bond donors (Lipinski definition) is 4. The average Bonchev–Trinajstić information content (AvgIpc) is 3.28. The van der Waals surface area contributed by atoms with Crippen molar-refractivity contribution in [1.29, 1.82) is 0 Å². The number of carbonyl (C=O) groups excluding carboxylic acids is 1. The summed E-state index contributed by atoms with van der Waals surface area (Å²) in [5.74, 6) is -1.38. The summed E-state index contributed by atoms with van der Waals surface area (Å²) < 4.78 is 5.56. The lowest BCUT2D eigenvalue weighted by Crippen LogP contribution is -2.42. The molecule has 0 radical (unpaired) electrons. The highest BCUT2D eigenvalue weighted by Crippen LogP contribution is 2.21. The van der Waals surface area contributed by atoms with Gasteiger partial charge in [-0.15, -0.1) is 0 Å². The van der Waals surface area contributed by atoms with Crippen LogP contribution in [0.3, 0.4) is 0 Å². The van der Waals surface area contributed by atoms with E-state index < -0.39 is 28.8 Å². The summed E-state index contributed by atoms with van der Waals surface area (Å²) in [5.41, 5.74) is 0.552. The highest BCUT2D eigenvalue weighted by Gasteiger charge is 2.26. The first kappa shape index (κ1) is 22.8. The topological polar surface area (TPSA) is 138 Å². The molecule has 1 aromatic heterocycles. The summed E-state index contributed by atoms with van der Waals surface area (Å²) in [4.78, 5) is 47.9. The molecule has 0 saturated heterocycles. The van der Waals surface area contributed by atoms with Crippen LogP contribution in [0, 0.1) is 0 Å². The Morgan fingerprint density at radius 2 is 1.71 bits per heavy atom.